The van der Waals surface area contributed by atoms with Crippen molar-refractivity contribution >= 4 is 0 Å². The van der Waals surface area contributed by atoms with E-state index < -0.39 is 0 Å². The zero-order valence-electron chi connectivity index (χ0n) is 12.6. The maximum Gasteiger partial charge on any atom is 0.138 e. The van der Waals surface area contributed by atoms with Gasteiger partial charge in [0, 0.05) is 24.9 Å². The van der Waals surface area contributed by atoms with Gasteiger partial charge in [-0.3, -0.25) is 4.68 Å². The van der Waals surface area contributed by atoms with E-state index in [2.05, 4.69) is 29.2 Å². The number of fused-ring (bicyclic) bond motifs is 2. The molecule has 112 valence electrons. The summed E-state index contributed by atoms with van der Waals surface area (Å²) in [5.74, 6) is 1.74. The van der Waals surface area contributed by atoms with Crippen LogP contribution in [-0.2, 0) is 17.7 Å². The number of nitrogens with zero attached hydrogens (tertiary/aromatic N) is 3. The van der Waals surface area contributed by atoms with Gasteiger partial charge in [0.15, 0.2) is 0 Å². The molecule has 0 radical (unpaired) electrons. The maximum absolute atomic E-state index is 6.04. The molecule has 0 amide bonds. The zero-order chi connectivity index (χ0) is 13.9. The number of aryl methyl sites for hydroxylation is 1. The summed E-state index contributed by atoms with van der Waals surface area (Å²) in [5.41, 5.74) is 0. The molecule has 3 heterocycles. The van der Waals surface area contributed by atoms with Crippen LogP contribution in [0.1, 0.15) is 45.4 Å². The second kappa shape index (κ2) is 6.22. The minimum atomic E-state index is 0.465. The summed E-state index contributed by atoms with van der Waals surface area (Å²) in [6.07, 6.45) is 8.49. The Morgan fingerprint density at radius 2 is 2.35 bits per heavy atom. The molecule has 0 aromatic carbocycles. The van der Waals surface area contributed by atoms with E-state index in [1.807, 2.05) is 4.68 Å². The first kappa shape index (κ1) is 14.0. The Kier molecular flexibility index (Phi) is 4.36. The lowest BCUT2D eigenvalue weighted by Gasteiger charge is -2.29. The number of aromatic nitrogens is 3. The van der Waals surface area contributed by atoms with E-state index >= 15 is 0 Å². The number of ether oxygens (including phenoxy) is 1. The highest BCUT2D eigenvalue weighted by molar-refractivity contribution is 4.99. The van der Waals surface area contributed by atoms with Crippen LogP contribution in [0.5, 0.6) is 0 Å². The molecule has 5 nitrogen and oxygen atoms in total. The van der Waals surface area contributed by atoms with E-state index in [-0.39, 0.29) is 0 Å². The van der Waals surface area contributed by atoms with Gasteiger partial charge in [-0.1, -0.05) is 6.92 Å². The van der Waals surface area contributed by atoms with Crippen molar-refractivity contribution in [1.82, 2.24) is 20.1 Å². The third-order valence-electron chi connectivity index (χ3n) is 4.72. The third-order valence-corrected chi connectivity index (χ3v) is 4.72. The molecule has 4 unspecified atom stereocenters. The molecule has 1 aromatic heterocycles. The summed E-state index contributed by atoms with van der Waals surface area (Å²) in [7, 11) is 0. The second-order valence-corrected chi connectivity index (χ2v) is 6.03. The number of hydrogen-bond acceptors (Lipinski definition) is 4. The van der Waals surface area contributed by atoms with E-state index in [4.69, 9.17) is 4.74 Å². The standard InChI is InChI=1S/C15H26N4O/c1-3-7-16-13(9-15-17-10-18-19(15)4-2)12-8-11-5-6-14(12)20-11/h10-14,16H,3-9H2,1-2H3. The van der Waals surface area contributed by atoms with Gasteiger partial charge in [-0.25, -0.2) is 4.98 Å². The van der Waals surface area contributed by atoms with Crippen molar-refractivity contribution in [2.24, 2.45) is 5.92 Å². The van der Waals surface area contributed by atoms with Crippen LogP contribution < -0.4 is 5.32 Å². The largest absolute Gasteiger partial charge is 0.375 e. The van der Waals surface area contributed by atoms with Crippen molar-refractivity contribution in [2.45, 2.75) is 70.7 Å². The molecule has 1 aromatic rings. The quantitative estimate of drug-likeness (QED) is 0.826. The van der Waals surface area contributed by atoms with Gasteiger partial charge in [0.1, 0.15) is 12.2 Å². The van der Waals surface area contributed by atoms with Crippen LogP contribution in [0.3, 0.4) is 0 Å². The van der Waals surface area contributed by atoms with Gasteiger partial charge < -0.3 is 10.1 Å². The summed E-state index contributed by atoms with van der Waals surface area (Å²) >= 11 is 0. The topological polar surface area (TPSA) is 52.0 Å². The van der Waals surface area contributed by atoms with Crippen molar-refractivity contribution in [1.29, 1.82) is 0 Å². The van der Waals surface area contributed by atoms with Gasteiger partial charge in [-0.05, 0) is 39.2 Å². The Hall–Kier alpha value is -0.940. The lowest BCUT2D eigenvalue weighted by molar-refractivity contribution is 0.0854. The van der Waals surface area contributed by atoms with Crippen molar-refractivity contribution in [2.75, 3.05) is 6.54 Å². The highest BCUT2D eigenvalue weighted by Crippen LogP contribution is 2.40. The predicted molar refractivity (Wildman–Crippen MR) is 77.5 cm³/mol. The molecule has 2 aliphatic heterocycles. The molecule has 4 atom stereocenters. The van der Waals surface area contributed by atoms with Crippen LogP contribution >= 0.6 is 0 Å². The van der Waals surface area contributed by atoms with Gasteiger partial charge in [0.05, 0.1) is 12.2 Å². The first-order chi connectivity index (χ1) is 9.81. The monoisotopic (exact) mass is 278 g/mol. The Labute approximate surface area is 121 Å². The van der Waals surface area contributed by atoms with Crippen LogP contribution in [0.15, 0.2) is 6.33 Å². The van der Waals surface area contributed by atoms with Gasteiger partial charge in [0.25, 0.3) is 0 Å². The van der Waals surface area contributed by atoms with Gasteiger partial charge >= 0.3 is 0 Å². The SMILES string of the molecule is CCCNC(Cc1ncnn1CC)C1CC2CCC1O2. The maximum atomic E-state index is 6.04. The van der Waals surface area contributed by atoms with Crippen LogP contribution in [-0.4, -0.2) is 39.6 Å². The summed E-state index contributed by atoms with van der Waals surface area (Å²) in [6.45, 7) is 6.30. The van der Waals surface area contributed by atoms with Crippen molar-refractivity contribution in [3.05, 3.63) is 12.2 Å². The Morgan fingerprint density at radius 3 is 3.00 bits per heavy atom. The molecule has 1 N–H and O–H groups in total. The fourth-order valence-electron chi connectivity index (χ4n) is 3.71. The fraction of sp³-hybridized carbons (Fsp3) is 0.867. The molecule has 2 aliphatic rings. The van der Waals surface area contributed by atoms with Crippen LogP contribution in [0, 0.1) is 5.92 Å². The number of nitrogens with one attached hydrogen (secondary N) is 1. The molecule has 2 fully saturated rings. The second-order valence-electron chi connectivity index (χ2n) is 6.03. The summed E-state index contributed by atoms with van der Waals surface area (Å²) in [6, 6.07) is 0.472. The highest BCUT2D eigenvalue weighted by Gasteiger charge is 2.44. The average molecular weight is 278 g/mol. The van der Waals surface area contributed by atoms with Crippen molar-refractivity contribution < 1.29 is 4.74 Å². The van der Waals surface area contributed by atoms with E-state index in [9.17, 15) is 0 Å². The lowest BCUT2D eigenvalue weighted by atomic mass is 9.82. The minimum absolute atomic E-state index is 0.465. The van der Waals surface area contributed by atoms with Gasteiger partial charge in [-0.2, -0.15) is 5.10 Å². The Balaban J connectivity index is 1.69. The molecule has 3 rings (SSSR count). The summed E-state index contributed by atoms with van der Waals surface area (Å²) < 4.78 is 8.05. The smallest absolute Gasteiger partial charge is 0.138 e. The molecule has 0 spiro atoms. The van der Waals surface area contributed by atoms with Crippen molar-refractivity contribution in [3.63, 3.8) is 0 Å². The molecule has 0 saturated carbocycles. The summed E-state index contributed by atoms with van der Waals surface area (Å²) in [5, 5.41) is 8.01. The van der Waals surface area contributed by atoms with Gasteiger partial charge in [0.2, 0.25) is 0 Å². The Morgan fingerprint density at radius 1 is 1.45 bits per heavy atom. The van der Waals surface area contributed by atoms with E-state index in [1.54, 1.807) is 6.33 Å². The van der Waals surface area contributed by atoms with E-state index in [0.717, 1.165) is 25.3 Å². The molecule has 2 bridgehead atoms. The third kappa shape index (κ3) is 2.74. The zero-order valence-corrected chi connectivity index (χ0v) is 12.6. The molecular weight excluding hydrogens is 252 g/mol. The molecule has 0 aliphatic carbocycles. The van der Waals surface area contributed by atoms with E-state index in [1.165, 1.54) is 25.7 Å². The molecule has 5 heteroatoms. The Bertz CT molecular complexity index is 433. The lowest BCUT2D eigenvalue weighted by Crippen LogP contribution is -2.43. The van der Waals surface area contributed by atoms with Gasteiger partial charge in [-0.15, -0.1) is 0 Å². The minimum Gasteiger partial charge on any atom is -0.375 e. The van der Waals surface area contributed by atoms with E-state index in [0.29, 0.717) is 24.2 Å². The highest BCUT2D eigenvalue weighted by atomic mass is 16.5. The van der Waals surface area contributed by atoms with Crippen LogP contribution in [0.2, 0.25) is 0 Å². The van der Waals surface area contributed by atoms with Crippen LogP contribution in [0.25, 0.3) is 0 Å². The predicted octanol–water partition coefficient (Wildman–Crippen LogP) is 1.78. The van der Waals surface area contributed by atoms with Crippen molar-refractivity contribution in [3.8, 4) is 0 Å². The fourth-order valence-corrected chi connectivity index (χ4v) is 3.71. The molecule has 20 heavy (non-hydrogen) atoms. The normalized spacial score (nSPS) is 30.0. The first-order valence-corrected chi connectivity index (χ1v) is 8.07. The first-order valence-electron chi connectivity index (χ1n) is 8.07. The average Bonchev–Trinajstić information content (AvgIpc) is 3.18. The number of rotatable bonds is 7. The summed E-state index contributed by atoms with van der Waals surface area (Å²) in [4.78, 5) is 4.44. The molecule has 2 saturated heterocycles. The number of hydrogen-bond donors (Lipinski definition) is 1. The molecular formula is C15H26N4O. The van der Waals surface area contributed by atoms with Crippen LogP contribution in [0.4, 0.5) is 0 Å².